The molecule has 0 saturated heterocycles. The van der Waals surface area contributed by atoms with E-state index in [1.807, 2.05) is 42.6 Å². The summed E-state index contributed by atoms with van der Waals surface area (Å²) >= 11 is 5.85. The lowest BCUT2D eigenvalue weighted by Crippen LogP contribution is -1.90. The number of halogens is 1. The summed E-state index contributed by atoms with van der Waals surface area (Å²) in [5, 5.41) is 0.526. The highest BCUT2D eigenvalue weighted by atomic mass is 35.5. The molecule has 3 heteroatoms. The van der Waals surface area contributed by atoms with Gasteiger partial charge >= 0.3 is 0 Å². The fourth-order valence-electron chi connectivity index (χ4n) is 1.81. The van der Waals surface area contributed by atoms with Gasteiger partial charge in [-0.05, 0) is 30.3 Å². The minimum atomic E-state index is 0.526. The second-order valence-electron chi connectivity index (χ2n) is 3.56. The van der Waals surface area contributed by atoms with Gasteiger partial charge in [-0.25, -0.2) is 4.98 Å². The van der Waals surface area contributed by atoms with Gasteiger partial charge in [0.05, 0.1) is 11.0 Å². The standard InChI is InChI=1S/C13H9ClN2/c14-13-7-6-12-11(15-13)8-9-16(12)10-4-2-1-3-5-10/h1-9H. The van der Waals surface area contributed by atoms with Gasteiger partial charge in [-0.15, -0.1) is 0 Å². The van der Waals surface area contributed by atoms with E-state index in [1.54, 1.807) is 0 Å². The maximum atomic E-state index is 5.85. The summed E-state index contributed by atoms with van der Waals surface area (Å²) in [6.45, 7) is 0. The smallest absolute Gasteiger partial charge is 0.129 e. The van der Waals surface area contributed by atoms with Gasteiger partial charge in [0, 0.05) is 11.9 Å². The van der Waals surface area contributed by atoms with Gasteiger partial charge in [-0.2, -0.15) is 0 Å². The molecule has 0 amide bonds. The van der Waals surface area contributed by atoms with E-state index in [-0.39, 0.29) is 0 Å². The Morgan fingerprint density at radius 1 is 0.938 bits per heavy atom. The van der Waals surface area contributed by atoms with Crippen LogP contribution in [0.1, 0.15) is 0 Å². The van der Waals surface area contributed by atoms with Gasteiger partial charge in [-0.3, -0.25) is 0 Å². The Bertz CT molecular complexity index is 629. The molecule has 16 heavy (non-hydrogen) atoms. The first-order valence-electron chi connectivity index (χ1n) is 5.03. The lowest BCUT2D eigenvalue weighted by molar-refractivity contribution is 1.13. The molecule has 1 aromatic carbocycles. The van der Waals surface area contributed by atoms with E-state index >= 15 is 0 Å². The van der Waals surface area contributed by atoms with Gasteiger partial charge < -0.3 is 4.57 Å². The predicted molar refractivity (Wildman–Crippen MR) is 66.1 cm³/mol. The van der Waals surface area contributed by atoms with Crippen LogP contribution in [0.15, 0.2) is 54.7 Å². The van der Waals surface area contributed by atoms with Crippen LogP contribution in [0, 0.1) is 0 Å². The lowest BCUT2D eigenvalue weighted by atomic mass is 10.3. The Balaban J connectivity index is 2.26. The van der Waals surface area contributed by atoms with Crippen molar-refractivity contribution >= 4 is 22.6 Å². The van der Waals surface area contributed by atoms with Crippen molar-refractivity contribution in [3.8, 4) is 5.69 Å². The summed E-state index contributed by atoms with van der Waals surface area (Å²) in [5.74, 6) is 0. The molecular weight excluding hydrogens is 220 g/mol. The highest BCUT2D eigenvalue weighted by Crippen LogP contribution is 2.20. The van der Waals surface area contributed by atoms with Crippen molar-refractivity contribution in [2.45, 2.75) is 0 Å². The minimum absolute atomic E-state index is 0.526. The third-order valence-corrected chi connectivity index (χ3v) is 2.75. The highest BCUT2D eigenvalue weighted by molar-refractivity contribution is 6.29. The molecule has 0 fully saturated rings. The van der Waals surface area contributed by atoms with Crippen LogP contribution in [0.3, 0.4) is 0 Å². The zero-order valence-electron chi connectivity index (χ0n) is 8.47. The van der Waals surface area contributed by atoms with Crippen molar-refractivity contribution in [2.24, 2.45) is 0 Å². The Hall–Kier alpha value is -1.80. The summed E-state index contributed by atoms with van der Waals surface area (Å²) in [6, 6.07) is 15.9. The van der Waals surface area contributed by atoms with Crippen molar-refractivity contribution in [3.05, 3.63) is 59.9 Å². The quantitative estimate of drug-likeness (QED) is 0.581. The molecule has 78 valence electrons. The van der Waals surface area contributed by atoms with Crippen LogP contribution in [-0.4, -0.2) is 9.55 Å². The van der Waals surface area contributed by atoms with Crippen LogP contribution in [0.25, 0.3) is 16.7 Å². The number of nitrogens with zero attached hydrogens (tertiary/aromatic N) is 2. The van der Waals surface area contributed by atoms with E-state index in [9.17, 15) is 0 Å². The first-order valence-corrected chi connectivity index (χ1v) is 5.41. The molecule has 3 rings (SSSR count). The average Bonchev–Trinajstić information content (AvgIpc) is 2.73. The summed E-state index contributed by atoms with van der Waals surface area (Å²) < 4.78 is 2.10. The van der Waals surface area contributed by atoms with E-state index in [2.05, 4.69) is 21.7 Å². The van der Waals surface area contributed by atoms with E-state index < -0.39 is 0 Å². The number of rotatable bonds is 1. The van der Waals surface area contributed by atoms with E-state index in [4.69, 9.17) is 11.6 Å². The van der Waals surface area contributed by atoms with Crippen molar-refractivity contribution in [1.82, 2.24) is 9.55 Å². The Morgan fingerprint density at radius 2 is 1.75 bits per heavy atom. The summed E-state index contributed by atoms with van der Waals surface area (Å²) in [6.07, 6.45) is 2.00. The molecule has 0 atom stereocenters. The third kappa shape index (κ3) is 1.48. The molecule has 0 aliphatic heterocycles. The van der Waals surface area contributed by atoms with Gasteiger partial charge in [0.2, 0.25) is 0 Å². The number of pyridine rings is 1. The van der Waals surface area contributed by atoms with Crippen molar-refractivity contribution < 1.29 is 0 Å². The highest BCUT2D eigenvalue weighted by Gasteiger charge is 2.03. The van der Waals surface area contributed by atoms with Crippen molar-refractivity contribution in [2.75, 3.05) is 0 Å². The van der Waals surface area contributed by atoms with Gasteiger partial charge in [0.1, 0.15) is 5.15 Å². The number of hydrogen-bond donors (Lipinski definition) is 0. The van der Waals surface area contributed by atoms with Gasteiger partial charge in [0.25, 0.3) is 0 Å². The molecule has 0 N–H and O–H groups in total. The molecule has 3 aromatic rings. The molecule has 2 aromatic heterocycles. The normalized spacial score (nSPS) is 10.8. The average molecular weight is 229 g/mol. The van der Waals surface area contributed by atoms with Crippen LogP contribution in [0.5, 0.6) is 0 Å². The number of para-hydroxylation sites is 1. The molecule has 0 aliphatic carbocycles. The zero-order valence-corrected chi connectivity index (χ0v) is 9.22. The van der Waals surface area contributed by atoms with Crippen LogP contribution in [-0.2, 0) is 0 Å². The summed E-state index contributed by atoms with van der Waals surface area (Å²) in [7, 11) is 0. The Kier molecular flexibility index (Phi) is 2.15. The largest absolute Gasteiger partial charge is 0.315 e. The van der Waals surface area contributed by atoms with Gasteiger partial charge in [0.15, 0.2) is 0 Å². The zero-order chi connectivity index (χ0) is 11.0. The number of benzene rings is 1. The molecule has 0 spiro atoms. The number of hydrogen-bond acceptors (Lipinski definition) is 1. The predicted octanol–water partition coefficient (Wildman–Crippen LogP) is 3.68. The van der Waals surface area contributed by atoms with Crippen LogP contribution < -0.4 is 0 Å². The van der Waals surface area contributed by atoms with Gasteiger partial charge in [-0.1, -0.05) is 29.8 Å². The first-order chi connectivity index (χ1) is 7.84. The van der Waals surface area contributed by atoms with Crippen molar-refractivity contribution in [1.29, 1.82) is 0 Å². The minimum Gasteiger partial charge on any atom is -0.315 e. The number of aromatic nitrogens is 2. The monoisotopic (exact) mass is 228 g/mol. The molecule has 2 heterocycles. The molecule has 0 radical (unpaired) electrons. The SMILES string of the molecule is Clc1ccc2c(ccn2-c2ccccc2)n1. The maximum Gasteiger partial charge on any atom is 0.129 e. The first kappa shape index (κ1) is 9.43. The van der Waals surface area contributed by atoms with Crippen LogP contribution in [0.2, 0.25) is 5.15 Å². The molecule has 0 unspecified atom stereocenters. The lowest BCUT2D eigenvalue weighted by Gasteiger charge is -2.04. The Labute approximate surface area is 98.1 Å². The van der Waals surface area contributed by atoms with Crippen molar-refractivity contribution in [3.63, 3.8) is 0 Å². The van der Waals surface area contributed by atoms with E-state index in [0.717, 1.165) is 16.7 Å². The number of fused-ring (bicyclic) bond motifs is 1. The van der Waals surface area contributed by atoms with Crippen LogP contribution >= 0.6 is 11.6 Å². The maximum absolute atomic E-state index is 5.85. The summed E-state index contributed by atoms with van der Waals surface area (Å²) in [4.78, 5) is 4.27. The second kappa shape index (κ2) is 3.65. The van der Waals surface area contributed by atoms with E-state index in [0.29, 0.717) is 5.15 Å². The fraction of sp³-hybridized carbons (Fsp3) is 0. The third-order valence-electron chi connectivity index (χ3n) is 2.54. The second-order valence-corrected chi connectivity index (χ2v) is 3.95. The van der Waals surface area contributed by atoms with E-state index in [1.165, 1.54) is 0 Å². The van der Waals surface area contributed by atoms with Crippen LogP contribution in [0.4, 0.5) is 0 Å². The topological polar surface area (TPSA) is 17.8 Å². The molecule has 0 saturated carbocycles. The molecule has 0 aliphatic rings. The Morgan fingerprint density at radius 3 is 2.56 bits per heavy atom. The molecule has 2 nitrogen and oxygen atoms in total. The summed E-state index contributed by atoms with van der Waals surface area (Å²) in [5.41, 5.74) is 3.11. The molecule has 0 bridgehead atoms. The molecular formula is C13H9ClN2. The fourth-order valence-corrected chi connectivity index (χ4v) is 1.96.